The zero-order valence-electron chi connectivity index (χ0n) is 9.59. The molecular weight excluding hydrogens is 301 g/mol. The summed E-state index contributed by atoms with van der Waals surface area (Å²) < 4.78 is 51.3. The predicted octanol–water partition coefficient (Wildman–Crippen LogP) is -0.675. The third-order valence-corrected chi connectivity index (χ3v) is 3.47. The molecule has 2 aliphatic rings. The SMILES string of the molecule is N#CCCB(OC1COS(=O)O1)OC1COS(=O)O1. The van der Waals surface area contributed by atoms with Gasteiger partial charge in [0.15, 0.2) is 12.6 Å². The van der Waals surface area contributed by atoms with Crippen molar-refractivity contribution in [1.29, 1.82) is 5.26 Å². The summed E-state index contributed by atoms with van der Waals surface area (Å²) >= 11 is -3.67. The van der Waals surface area contributed by atoms with Crippen LogP contribution in [0.5, 0.6) is 0 Å². The molecule has 9 nitrogen and oxygen atoms in total. The van der Waals surface area contributed by atoms with Gasteiger partial charge in [0.05, 0.1) is 6.07 Å². The van der Waals surface area contributed by atoms with Crippen LogP contribution in [0.25, 0.3) is 0 Å². The molecule has 0 radical (unpaired) electrons. The van der Waals surface area contributed by atoms with Crippen molar-refractivity contribution in [2.75, 3.05) is 13.2 Å². The fourth-order valence-corrected chi connectivity index (χ4v) is 2.43. The Morgan fingerprint density at radius 1 is 1.16 bits per heavy atom. The van der Waals surface area contributed by atoms with Gasteiger partial charge in [0.25, 0.3) is 0 Å². The van der Waals surface area contributed by atoms with E-state index >= 15 is 0 Å². The smallest absolute Gasteiger partial charge is 0.383 e. The molecule has 2 heterocycles. The van der Waals surface area contributed by atoms with Crippen LogP contribution in [0.4, 0.5) is 0 Å². The van der Waals surface area contributed by atoms with Gasteiger partial charge >= 0.3 is 29.8 Å². The molecule has 0 amide bonds. The molecule has 0 spiro atoms. The van der Waals surface area contributed by atoms with Crippen molar-refractivity contribution in [3.63, 3.8) is 0 Å². The molecule has 0 N–H and O–H groups in total. The molecule has 2 fully saturated rings. The monoisotopic (exact) mass is 311 g/mol. The van der Waals surface area contributed by atoms with Gasteiger partial charge in [-0.3, -0.25) is 8.37 Å². The lowest BCUT2D eigenvalue weighted by Gasteiger charge is -2.18. The molecule has 2 rings (SSSR count). The number of rotatable bonds is 6. The first-order chi connectivity index (χ1) is 9.17. The Labute approximate surface area is 114 Å². The minimum atomic E-state index is -1.83. The van der Waals surface area contributed by atoms with Crippen LogP contribution in [0.15, 0.2) is 0 Å². The van der Waals surface area contributed by atoms with Crippen molar-refractivity contribution in [1.82, 2.24) is 0 Å². The Hall–Kier alpha value is -0.385. The van der Waals surface area contributed by atoms with E-state index in [4.69, 9.17) is 22.9 Å². The highest BCUT2D eigenvalue weighted by Gasteiger charge is 2.34. The van der Waals surface area contributed by atoms with Gasteiger partial charge in [0.1, 0.15) is 13.2 Å². The molecule has 0 saturated carbocycles. The third-order valence-electron chi connectivity index (χ3n) is 2.07. The van der Waals surface area contributed by atoms with Crippen LogP contribution in [-0.2, 0) is 48.8 Å². The molecule has 2 aliphatic heterocycles. The lowest BCUT2D eigenvalue weighted by Crippen LogP contribution is -2.34. The molecule has 0 aliphatic carbocycles. The van der Waals surface area contributed by atoms with Crippen molar-refractivity contribution in [3.8, 4) is 6.07 Å². The molecule has 0 aromatic heterocycles. The molecule has 0 bridgehead atoms. The largest absolute Gasteiger partial charge is 0.461 e. The van der Waals surface area contributed by atoms with Crippen LogP contribution < -0.4 is 0 Å². The van der Waals surface area contributed by atoms with Crippen LogP contribution >= 0.6 is 0 Å². The van der Waals surface area contributed by atoms with E-state index < -0.39 is 42.4 Å². The minimum absolute atomic E-state index is 0.00697. The Morgan fingerprint density at radius 3 is 2.05 bits per heavy atom. The quantitative estimate of drug-likeness (QED) is 0.589. The molecule has 4 atom stereocenters. The second kappa shape index (κ2) is 7.41. The second-order valence-electron chi connectivity index (χ2n) is 3.43. The van der Waals surface area contributed by atoms with Gasteiger partial charge in [-0.25, -0.2) is 8.37 Å². The summed E-state index contributed by atoms with van der Waals surface area (Å²) in [7, 11) is -0.841. The topological polar surface area (TPSA) is 113 Å². The lowest BCUT2D eigenvalue weighted by molar-refractivity contribution is -0.0414. The third kappa shape index (κ3) is 4.90. The van der Waals surface area contributed by atoms with Crippen LogP contribution in [0.1, 0.15) is 6.42 Å². The average Bonchev–Trinajstić information content (AvgIpc) is 2.95. The number of hydrogen-bond acceptors (Lipinski definition) is 9. The molecular formula is C7H10BNO8S2. The maximum Gasteiger partial charge on any atom is 0.461 e. The molecule has 0 aromatic carbocycles. The molecule has 12 heteroatoms. The van der Waals surface area contributed by atoms with Gasteiger partial charge in [-0.2, -0.15) is 13.7 Å². The van der Waals surface area contributed by atoms with Crippen molar-refractivity contribution in [2.24, 2.45) is 0 Å². The van der Waals surface area contributed by atoms with E-state index in [-0.39, 0.29) is 26.0 Å². The van der Waals surface area contributed by atoms with Gasteiger partial charge in [0, 0.05) is 6.42 Å². The molecule has 106 valence electrons. The zero-order valence-corrected chi connectivity index (χ0v) is 11.2. The summed E-state index contributed by atoms with van der Waals surface area (Å²) in [5.41, 5.74) is 0. The standard InChI is InChI=1S/C7H10BNO8S2/c9-3-1-2-8(14-6-4-12-18(10)16-6)15-7-5-13-19(11)17-7/h6-7H,1-2,4-5H2. The van der Waals surface area contributed by atoms with E-state index in [9.17, 15) is 8.42 Å². The van der Waals surface area contributed by atoms with Gasteiger partial charge in [-0.05, 0) is 6.32 Å². The van der Waals surface area contributed by atoms with E-state index in [0.29, 0.717) is 0 Å². The number of nitriles is 1. The van der Waals surface area contributed by atoms with Crippen LogP contribution in [-0.4, -0.2) is 41.3 Å². The maximum atomic E-state index is 10.8. The van der Waals surface area contributed by atoms with Crippen molar-refractivity contribution >= 4 is 29.8 Å². The maximum absolute atomic E-state index is 10.8. The summed E-state index contributed by atoms with van der Waals surface area (Å²) in [6.45, 7) is -0.0139. The first kappa shape index (κ1) is 15.0. The summed E-state index contributed by atoms with van der Waals surface area (Å²) in [4.78, 5) is 0. The van der Waals surface area contributed by atoms with E-state index in [1.807, 2.05) is 6.07 Å². The Balaban J connectivity index is 1.82. The van der Waals surface area contributed by atoms with E-state index in [1.54, 1.807) is 0 Å². The van der Waals surface area contributed by atoms with E-state index in [0.717, 1.165) is 0 Å². The predicted molar refractivity (Wildman–Crippen MR) is 60.9 cm³/mol. The Morgan fingerprint density at radius 2 is 1.68 bits per heavy atom. The lowest BCUT2D eigenvalue weighted by atomic mass is 9.83. The Bertz CT molecular complexity index is 375. The highest BCUT2D eigenvalue weighted by atomic mass is 32.2. The number of nitrogens with zero attached hydrogens (tertiary/aromatic N) is 1. The molecule has 19 heavy (non-hydrogen) atoms. The van der Waals surface area contributed by atoms with Crippen LogP contribution in [0.3, 0.4) is 0 Å². The number of hydrogen-bond donors (Lipinski definition) is 0. The first-order valence-corrected chi connectivity index (χ1v) is 7.29. The van der Waals surface area contributed by atoms with Gasteiger partial charge < -0.3 is 9.31 Å². The minimum Gasteiger partial charge on any atom is -0.383 e. The normalized spacial score (nSPS) is 34.3. The zero-order chi connectivity index (χ0) is 13.7. The van der Waals surface area contributed by atoms with Crippen LogP contribution in [0, 0.1) is 11.3 Å². The summed E-state index contributed by atoms with van der Waals surface area (Å²) in [6, 6.07) is 1.94. The molecule has 4 unspecified atom stereocenters. The summed E-state index contributed by atoms with van der Waals surface area (Å²) in [6.07, 6.45) is -1.28. The summed E-state index contributed by atoms with van der Waals surface area (Å²) in [5.74, 6) is 0. The first-order valence-electron chi connectivity index (χ1n) is 5.29. The summed E-state index contributed by atoms with van der Waals surface area (Å²) in [5, 5.41) is 8.55. The van der Waals surface area contributed by atoms with E-state index in [2.05, 4.69) is 8.37 Å². The second-order valence-corrected chi connectivity index (χ2v) is 5.10. The highest BCUT2D eigenvalue weighted by Crippen LogP contribution is 2.17. The highest BCUT2D eigenvalue weighted by molar-refractivity contribution is 7.75. The Kier molecular flexibility index (Phi) is 5.86. The fraction of sp³-hybridized carbons (Fsp3) is 0.857. The van der Waals surface area contributed by atoms with Crippen molar-refractivity contribution in [2.45, 2.75) is 25.3 Å². The fourth-order valence-electron chi connectivity index (χ4n) is 1.32. The molecule has 2 saturated heterocycles. The van der Waals surface area contributed by atoms with Gasteiger partial charge in [-0.15, -0.1) is 0 Å². The molecule has 0 aromatic rings. The van der Waals surface area contributed by atoms with Crippen molar-refractivity contribution < 1.29 is 34.5 Å². The van der Waals surface area contributed by atoms with Gasteiger partial charge in [-0.1, -0.05) is 0 Å². The van der Waals surface area contributed by atoms with E-state index in [1.165, 1.54) is 0 Å². The van der Waals surface area contributed by atoms with Crippen molar-refractivity contribution in [3.05, 3.63) is 0 Å². The average molecular weight is 311 g/mol. The van der Waals surface area contributed by atoms with Gasteiger partial charge in [0.2, 0.25) is 0 Å². The van der Waals surface area contributed by atoms with Crippen LogP contribution in [0.2, 0.25) is 6.32 Å².